The van der Waals surface area contributed by atoms with E-state index >= 15 is 9.59 Å². The number of nitrogens with zero attached hydrogens (tertiary/aromatic N) is 1. The van der Waals surface area contributed by atoms with Crippen molar-refractivity contribution in [3.8, 4) is 44.9 Å². The fourth-order valence-corrected chi connectivity index (χ4v) is 12.4. The second kappa shape index (κ2) is 16.3. The predicted octanol–water partition coefficient (Wildman–Crippen LogP) is 13.3. The highest BCUT2D eigenvalue weighted by Crippen LogP contribution is 2.41. The van der Waals surface area contributed by atoms with Crippen LogP contribution in [0.5, 0.6) is 11.5 Å². The van der Waals surface area contributed by atoms with E-state index in [0.717, 1.165) is 86.5 Å². The molecule has 8 aromatic carbocycles. The molecule has 2 saturated carbocycles. The number of pyridine rings is 2. The van der Waals surface area contributed by atoms with E-state index in [1.165, 1.54) is 49.7 Å². The lowest BCUT2D eigenvalue weighted by molar-refractivity contribution is 0.444. The number of rotatable bonds is 6. The Morgan fingerprint density at radius 1 is 0.448 bits per heavy atom. The van der Waals surface area contributed by atoms with Crippen molar-refractivity contribution in [1.29, 1.82) is 0 Å². The van der Waals surface area contributed by atoms with Crippen molar-refractivity contribution in [1.82, 2.24) is 4.40 Å². The maximum atomic E-state index is 15.8. The smallest absolute Gasteiger partial charge is 0.252 e. The van der Waals surface area contributed by atoms with Crippen molar-refractivity contribution in [2.24, 2.45) is 0 Å². The number of hydrogen-bond acceptors (Lipinski definition) is 3. The van der Waals surface area contributed by atoms with Crippen LogP contribution in [0.25, 0.3) is 71.5 Å². The molecule has 0 saturated heterocycles. The summed E-state index contributed by atoms with van der Waals surface area (Å²) in [6.45, 7) is -0.407. The second-order valence-corrected chi connectivity index (χ2v) is 19.4. The molecule has 2 fully saturated rings. The van der Waals surface area contributed by atoms with Crippen LogP contribution in [0.2, 0.25) is 0 Å². The Morgan fingerprint density at radius 3 is 1.52 bits per heavy atom. The Bertz CT molecular complexity index is 3590. The van der Waals surface area contributed by atoms with E-state index in [2.05, 4.69) is 162 Å². The molecule has 10 aromatic rings. The average Bonchev–Trinajstić information content (AvgIpc) is 3.40. The van der Waals surface area contributed by atoms with Gasteiger partial charge in [-0.1, -0.05) is 165 Å². The van der Waals surface area contributed by atoms with Gasteiger partial charge in [-0.2, -0.15) is 0 Å². The highest BCUT2D eigenvalue weighted by Gasteiger charge is 2.39. The summed E-state index contributed by atoms with van der Waals surface area (Å²) < 4.78 is 9.41. The molecule has 0 amide bonds. The molecule has 2 aromatic heterocycles. The van der Waals surface area contributed by atoms with Crippen LogP contribution in [0.4, 0.5) is 0 Å². The van der Waals surface area contributed by atoms with Gasteiger partial charge in [-0.15, -0.1) is 0 Å². The average molecular weight is 868 g/mol. The number of para-hydroxylation sites is 1. The number of hydrogen-bond donors (Lipinski definition) is 0. The lowest BCUT2D eigenvalue weighted by atomic mass is 9.34. The van der Waals surface area contributed by atoms with E-state index < -0.39 is 6.71 Å². The number of benzene rings is 8. The van der Waals surface area contributed by atoms with Crippen LogP contribution in [-0.2, 0) is 0 Å². The van der Waals surface area contributed by atoms with Crippen LogP contribution in [0.15, 0.2) is 179 Å². The SMILES string of the molecule is O=c1c2cc(C3CCCCC3)ccc2n2c3ccc(C4CCCCC4)cc3c(=O)c3c4c(cc1c32)B(c1c(-c2ccccc2)cc(-c2ccccc2)cc1-c1ccccc1)c1ccccc1O4. The van der Waals surface area contributed by atoms with Gasteiger partial charge in [-0.05, 0) is 141 Å². The highest BCUT2D eigenvalue weighted by atomic mass is 16.5. The maximum Gasteiger partial charge on any atom is 0.252 e. The molecule has 0 atom stereocenters. The molecule has 4 nitrogen and oxygen atoms in total. The van der Waals surface area contributed by atoms with Gasteiger partial charge in [0.25, 0.3) is 6.71 Å². The fraction of sp³-hybridized carbons (Fsp3) is 0.194. The van der Waals surface area contributed by atoms with Crippen LogP contribution in [0, 0.1) is 0 Å². The molecule has 0 spiro atoms. The second-order valence-electron chi connectivity index (χ2n) is 19.4. The van der Waals surface area contributed by atoms with Gasteiger partial charge in [0, 0.05) is 16.2 Å². The summed E-state index contributed by atoms with van der Waals surface area (Å²) in [6, 6.07) is 60.1. The van der Waals surface area contributed by atoms with E-state index in [4.69, 9.17) is 4.74 Å². The van der Waals surface area contributed by atoms with Crippen molar-refractivity contribution in [2.75, 3.05) is 0 Å². The third kappa shape index (κ3) is 6.57. The van der Waals surface area contributed by atoms with Crippen LogP contribution in [0.1, 0.15) is 87.2 Å². The minimum atomic E-state index is -0.407. The molecule has 0 bridgehead atoms. The Hall–Kier alpha value is -7.24. The van der Waals surface area contributed by atoms with Gasteiger partial charge in [0.1, 0.15) is 11.5 Å². The summed E-state index contributed by atoms with van der Waals surface area (Å²) in [5, 5.41) is 2.40. The minimum absolute atomic E-state index is 0.0402. The normalized spacial score (nSPS) is 15.6. The van der Waals surface area contributed by atoms with Crippen LogP contribution in [-0.4, -0.2) is 11.1 Å². The van der Waals surface area contributed by atoms with E-state index in [-0.39, 0.29) is 10.9 Å². The molecule has 2 aliphatic carbocycles. The molecule has 0 unspecified atom stereocenters. The molecule has 67 heavy (non-hydrogen) atoms. The Morgan fingerprint density at radius 2 is 0.955 bits per heavy atom. The van der Waals surface area contributed by atoms with Crippen molar-refractivity contribution >= 4 is 61.2 Å². The van der Waals surface area contributed by atoms with Crippen LogP contribution in [0.3, 0.4) is 0 Å². The zero-order valence-corrected chi connectivity index (χ0v) is 37.6. The van der Waals surface area contributed by atoms with Gasteiger partial charge in [-0.25, -0.2) is 0 Å². The third-order valence-corrected chi connectivity index (χ3v) is 15.6. The quantitative estimate of drug-likeness (QED) is 0.0950. The topological polar surface area (TPSA) is 47.8 Å². The molecule has 13 rings (SSSR count). The lowest BCUT2D eigenvalue weighted by Crippen LogP contribution is -2.56. The first-order valence-corrected chi connectivity index (χ1v) is 24.6. The fourth-order valence-electron chi connectivity index (χ4n) is 12.4. The first kappa shape index (κ1) is 40.1. The third-order valence-electron chi connectivity index (χ3n) is 15.6. The Labute approximate surface area is 391 Å². The van der Waals surface area contributed by atoms with Gasteiger partial charge >= 0.3 is 0 Å². The van der Waals surface area contributed by atoms with E-state index in [9.17, 15) is 0 Å². The van der Waals surface area contributed by atoms with Gasteiger partial charge in [-0.3, -0.25) is 9.59 Å². The van der Waals surface area contributed by atoms with Crippen LogP contribution >= 0.6 is 0 Å². The van der Waals surface area contributed by atoms with E-state index in [1.54, 1.807) is 0 Å². The number of ether oxygens (including phenoxy) is 1. The maximum absolute atomic E-state index is 15.8. The zero-order valence-electron chi connectivity index (χ0n) is 37.6. The van der Waals surface area contributed by atoms with Gasteiger partial charge in [0.15, 0.2) is 5.43 Å². The van der Waals surface area contributed by atoms with E-state index in [1.807, 2.05) is 12.1 Å². The molecule has 3 heterocycles. The number of aromatic nitrogens is 1. The molecule has 0 radical (unpaired) electrons. The molecular weight excluding hydrogens is 817 g/mol. The predicted molar refractivity (Wildman–Crippen MR) is 279 cm³/mol. The van der Waals surface area contributed by atoms with Gasteiger partial charge in [0.05, 0.1) is 21.9 Å². The summed E-state index contributed by atoms with van der Waals surface area (Å²) in [7, 11) is 0. The molecular formula is C62H50BNO3. The molecule has 1 aliphatic heterocycles. The summed E-state index contributed by atoms with van der Waals surface area (Å²) in [5.41, 5.74) is 14.1. The minimum Gasteiger partial charge on any atom is -0.458 e. The molecule has 3 aliphatic rings. The molecule has 324 valence electrons. The summed E-state index contributed by atoms with van der Waals surface area (Å²) >= 11 is 0. The van der Waals surface area contributed by atoms with Crippen molar-refractivity contribution in [3.63, 3.8) is 0 Å². The standard InChI is InChI=1S/C62H50BNO3/c65-60-49-34-44(39-18-6-1-7-19-39)30-32-54(49)64-55-33-31-45(40-20-8-2-9-21-40)35-50(55)61(66)57-59(64)51(60)38-53-62(57)67-56-29-17-16-28-52(56)63(53)58-47(42-24-12-4-13-25-42)36-46(41-22-10-3-11-23-41)37-48(58)43-26-14-5-15-27-43/h3-5,10-17,22-40H,1-2,6-9,18-21H2. The Kier molecular flexibility index (Phi) is 9.73. The van der Waals surface area contributed by atoms with Crippen molar-refractivity contribution < 1.29 is 4.74 Å². The molecule has 5 heteroatoms. The first-order valence-electron chi connectivity index (χ1n) is 24.6. The van der Waals surface area contributed by atoms with Crippen LogP contribution < -0.4 is 32.0 Å². The summed E-state index contributed by atoms with van der Waals surface area (Å²) in [4.78, 5) is 31.5. The zero-order chi connectivity index (χ0) is 44.6. The van der Waals surface area contributed by atoms with Gasteiger partial charge in [0.2, 0.25) is 5.43 Å². The van der Waals surface area contributed by atoms with E-state index in [0.29, 0.717) is 50.4 Å². The summed E-state index contributed by atoms with van der Waals surface area (Å²) in [6.07, 6.45) is 11.9. The first-order chi connectivity index (χ1) is 33.1. The monoisotopic (exact) mass is 867 g/mol. The molecule has 0 N–H and O–H groups in total. The number of fused-ring (bicyclic) bond motifs is 7. The van der Waals surface area contributed by atoms with Crippen molar-refractivity contribution in [3.05, 3.63) is 201 Å². The van der Waals surface area contributed by atoms with Gasteiger partial charge < -0.3 is 9.14 Å². The lowest BCUT2D eigenvalue weighted by Gasteiger charge is -2.31. The highest BCUT2D eigenvalue weighted by molar-refractivity contribution is 6.98. The van der Waals surface area contributed by atoms with Crippen molar-refractivity contribution in [2.45, 2.75) is 76.0 Å². The summed E-state index contributed by atoms with van der Waals surface area (Å²) in [5.74, 6) is 2.09. The largest absolute Gasteiger partial charge is 0.458 e. The Balaban J connectivity index is 1.18.